The number of esters is 1. The summed E-state index contributed by atoms with van der Waals surface area (Å²) in [5, 5.41) is 2.77. The molecule has 1 saturated heterocycles. The van der Waals surface area contributed by atoms with Gasteiger partial charge in [-0.2, -0.15) is 0 Å². The molecular formula is C12H21NO4. The van der Waals surface area contributed by atoms with Crippen molar-refractivity contribution in [2.75, 3.05) is 20.3 Å². The highest BCUT2D eigenvalue weighted by Crippen LogP contribution is 2.15. The van der Waals surface area contributed by atoms with Crippen LogP contribution >= 0.6 is 0 Å². The average molecular weight is 243 g/mol. The third-order valence-electron chi connectivity index (χ3n) is 3.27. The van der Waals surface area contributed by atoms with Gasteiger partial charge in [-0.05, 0) is 12.3 Å². The summed E-state index contributed by atoms with van der Waals surface area (Å²) >= 11 is 0. The SMILES string of the molecule is CC[C@@H](C)[C@@H](NC(=O)[C@H]1CCOC1)C(=O)OC. The molecule has 17 heavy (non-hydrogen) atoms. The van der Waals surface area contributed by atoms with Gasteiger partial charge in [-0.25, -0.2) is 4.79 Å². The molecule has 1 fully saturated rings. The first-order valence-electron chi connectivity index (χ1n) is 6.06. The monoisotopic (exact) mass is 243 g/mol. The first-order valence-corrected chi connectivity index (χ1v) is 6.06. The van der Waals surface area contributed by atoms with Crippen LogP contribution in [-0.2, 0) is 19.1 Å². The molecule has 1 rings (SSSR count). The Hall–Kier alpha value is -1.10. The highest BCUT2D eigenvalue weighted by atomic mass is 16.5. The van der Waals surface area contributed by atoms with Crippen LogP contribution in [0.15, 0.2) is 0 Å². The summed E-state index contributed by atoms with van der Waals surface area (Å²) < 4.78 is 9.87. The van der Waals surface area contributed by atoms with Crippen molar-refractivity contribution in [3.63, 3.8) is 0 Å². The van der Waals surface area contributed by atoms with Crippen LogP contribution in [0.25, 0.3) is 0 Å². The smallest absolute Gasteiger partial charge is 0.328 e. The molecule has 0 aromatic rings. The van der Waals surface area contributed by atoms with E-state index in [0.29, 0.717) is 13.2 Å². The number of amides is 1. The first kappa shape index (κ1) is 14.0. The normalized spacial score (nSPS) is 22.9. The minimum Gasteiger partial charge on any atom is -0.467 e. The molecule has 1 N–H and O–H groups in total. The van der Waals surface area contributed by atoms with E-state index in [2.05, 4.69) is 5.32 Å². The Morgan fingerprint density at radius 2 is 2.24 bits per heavy atom. The zero-order chi connectivity index (χ0) is 12.8. The van der Waals surface area contributed by atoms with Crippen LogP contribution in [0.1, 0.15) is 26.7 Å². The van der Waals surface area contributed by atoms with Gasteiger partial charge in [0.1, 0.15) is 6.04 Å². The topological polar surface area (TPSA) is 64.6 Å². The molecule has 0 aliphatic carbocycles. The van der Waals surface area contributed by atoms with Crippen molar-refractivity contribution in [2.24, 2.45) is 11.8 Å². The molecule has 1 amide bonds. The summed E-state index contributed by atoms with van der Waals surface area (Å²) in [6.45, 7) is 4.96. The molecule has 0 aromatic heterocycles. The van der Waals surface area contributed by atoms with Crippen molar-refractivity contribution >= 4 is 11.9 Å². The summed E-state index contributed by atoms with van der Waals surface area (Å²) in [6, 6.07) is -0.557. The van der Waals surface area contributed by atoms with Crippen LogP contribution in [0.5, 0.6) is 0 Å². The van der Waals surface area contributed by atoms with Crippen molar-refractivity contribution in [1.29, 1.82) is 0 Å². The lowest BCUT2D eigenvalue weighted by atomic mass is 9.98. The fraction of sp³-hybridized carbons (Fsp3) is 0.833. The van der Waals surface area contributed by atoms with Crippen LogP contribution in [0.4, 0.5) is 0 Å². The van der Waals surface area contributed by atoms with Crippen LogP contribution in [0.3, 0.4) is 0 Å². The predicted molar refractivity (Wildman–Crippen MR) is 62.3 cm³/mol. The third-order valence-corrected chi connectivity index (χ3v) is 3.27. The maximum atomic E-state index is 11.9. The molecule has 3 atom stereocenters. The van der Waals surface area contributed by atoms with Gasteiger partial charge in [-0.3, -0.25) is 4.79 Å². The minimum atomic E-state index is -0.557. The van der Waals surface area contributed by atoms with E-state index in [0.717, 1.165) is 12.8 Å². The zero-order valence-corrected chi connectivity index (χ0v) is 10.7. The molecule has 1 heterocycles. The van der Waals surface area contributed by atoms with E-state index >= 15 is 0 Å². The molecule has 0 bridgehead atoms. The van der Waals surface area contributed by atoms with E-state index in [9.17, 15) is 9.59 Å². The molecule has 98 valence electrons. The molecule has 1 aliphatic heterocycles. The van der Waals surface area contributed by atoms with Crippen LogP contribution in [0.2, 0.25) is 0 Å². The summed E-state index contributed by atoms with van der Waals surface area (Å²) in [5.74, 6) is -0.565. The molecule has 1 aliphatic rings. The van der Waals surface area contributed by atoms with Crippen molar-refractivity contribution < 1.29 is 19.1 Å². The molecule has 0 spiro atoms. The second kappa shape index (κ2) is 6.59. The van der Waals surface area contributed by atoms with Gasteiger partial charge in [0.2, 0.25) is 5.91 Å². The first-order chi connectivity index (χ1) is 8.10. The van der Waals surface area contributed by atoms with Crippen molar-refractivity contribution in [1.82, 2.24) is 5.32 Å². The number of carbonyl (C=O) groups is 2. The van der Waals surface area contributed by atoms with Crippen LogP contribution in [0, 0.1) is 11.8 Å². The second-order valence-corrected chi connectivity index (χ2v) is 4.46. The second-order valence-electron chi connectivity index (χ2n) is 4.46. The molecular weight excluding hydrogens is 222 g/mol. The van der Waals surface area contributed by atoms with Crippen molar-refractivity contribution in [3.05, 3.63) is 0 Å². The van der Waals surface area contributed by atoms with E-state index < -0.39 is 6.04 Å². The van der Waals surface area contributed by atoms with Gasteiger partial charge in [-0.1, -0.05) is 20.3 Å². The van der Waals surface area contributed by atoms with E-state index in [-0.39, 0.29) is 23.7 Å². The van der Waals surface area contributed by atoms with Gasteiger partial charge in [0.15, 0.2) is 0 Å². The zero-order valence-electron chi connectivity index (χ0n) is 10.7. The highest BCUT2D eigenvalue weighted by Gasteiger charge is 2.31. The Bertz CT molecular complexity index is 274. The lowest BCUT2D eigenvalue weighted by Crippen LogP contribution is -2.47. The van der Waals surface area contributed by atoms with E-state index in [4.69, 9.17) is 9.47 Å². The molecule has 5 nitrogen and oxygen atoms in total. The van der Waals surface area contributed by atoms with Crippen LogP contribution in [-0.4, -0.2) is 38.2 Å². The van der Waals surface area contributed by atoms with Gasteiger partial charge in [0, 0.05) is 6.61 Å². The lowest BCUT2D eigenvalue weighted by molar-refractivity contribution is -0.147. The van der Waals surface area contributed by atoms with Gasteiger partial charge < -0.3 is 14.8 Å². The minimum absolute atomic E-state index is 0.0636. The fourth-order valence-electron chi connectivity index (χ4n) is 1.81. The van der Waals surface area contributed by atoms with Crippen molar-refractivity contribution in [3.8, 4) is 0 Å². The largest absolute Gasteiger partial charge is 0.467 e. The van der Waals surface area contributed by atoms with E-state index in [1.165, 1.54) is 7.11 Å². The molecule has 5 heteroatoms. The Labute approximate surface area is 102 Å². The Morgan fingerprint density at radius 3 is 2.71 bits per heavy atom. The number of hydrogen-bond donors (Lipinski definition) is 1. The predicted octanol–water partition coefficient (Wildman–Crippen LogP) is 0.727. The number of carbonyl (C=O) groups excluding carboxylic acids is 2. The van der Waals surface area contributed by atoms with E-state index in [1.54, 1.807) is 0 Å². The molecule has 0 radical (unpaired) electrons. The Kier molecular flexibility index (Phi) is 5.41. The standard InChI is InChI=1S/C12H21NO4/c1-4-8(2)10(12(15)16-3)13-11(14)9-5-6-17-7-9/h8-10H,4-7H2,1-3H3,(H,13,14)/t8-,9+,10-/m1/s1. The van der Waals surface area contributed by atoms with Gasteiger partial charge in [-0.15, -0.1) is 0 Å². The van der Waals surface area contributed by atoms with Crippen molar-refractivity contribution in [2.45, 2.75) is 32.7 Å². The number of methoxy groups -OCH3 is 1. The third kappa shape index (κ3) is 3.70. The summed E-state index contributed by atoms with van der Waals surface area (Å²) in [7, 11) is 1.34. The summed E-state index contributed by atoms with van der Waals surface area (Å²) in [6.07, 6.45) is 1.53. The van der Waals surface area contributed by atoms with Gasteiger partial charge in [0.05, 0.1) is 19.6 Å². The highest BCUT2D eigenvalue weighted by molar-refractivity contribution is 5.86. The lowest BCUT2D eigenvalue weighted by Gasteiger charge is -2.23. The van der Waals surface area contributed by atoms with Gasteiger partial charge in [0.25, 0.3) is 0 Å². The summed E-state index contributed by atoms with van der Waals surface area (Å²) in [5.41, 5.74) is 0. The maximum Gasteiger partial charge on any atom is 0.328 e. The number of nitrogens with one attached hydrogen (secondary N) is 1. The number of ether oxygens (including phenoxy) is 2. The quantitative estimate of drug-likeness (QED) is 0.723. The number of hydrogen-bond acceptors (Lipinski definition) is 4. The summed E-state index contributed by atoms with van der Waals surface area (Å²) in [4.78, 5) is 23.5. The number of rotatable bonds is 5. The maximum absolute atomic E-state index is 11.9. The Balaban J connectivity index is 2.58. The fourth-order valence-corrected chi connectivity index (χ4v) is 1.81. The van der Waals surface area contributed by atoms with E-state index in [1.807, 2.05) is 13.8 Å². The van der Waals surface area contributed by atoms with Gasteiger partial charge >= 0.3 is 5.97 Å². The van der Waals surface area contributed by atoms with Crippen LogP contribution < -0.4 is 5.32 Å². The average Bonchev–Trinajstić information content (AvgIpc) is 2.87. The molecule has 0 unspecified atom stereocenters. The Morgan fingerprint density at radius 1 is 1.53 bits per heavy atom. The molecule has 0 saturated carbocycles. The molecule has 0 aromatic carbocycles.